The lowest BCUT2D eigenvalue weighted by Gasteiger charge is -2.35. The van der Waals surface area contributed by atoms with Crippen molar-refractivity contribution in [3.63, 3.8) is 0 Å². The highest BCUT2D eigenvalue weighted by Crippen LogP contribution is 2.20. The topological polar surface area (TPSA) is 75.7 Å². The van der Waals surface area contributed by atoms with Gasteiger partial charge in [0.15, 0.2) is 0 Å². The fourth-order valence-electron chi connectivity index (χ4n) is 2.63. The molecule has 0 bridgehead atoms. The predicted octanol–water partition coefficient (Wildman–Crippen LogP) is 1.24. The molecular weight excluding hydrogens is 304 g/mol. The quantitative estimate of drug-likeness (QED) is 0.883. The first kappa shape index (κ1) is 16.8. The van der Waals surface area contributed by atoms with E-state index in [1.165, 1.54) is 0 Å². The van der Waals surface area contributed by atoms with Crippen molar-refractivity contribution in [3.8, 4) is 5.75 Å². The van der Waals surface area contributed by atoms with Crippen LogP contribution in [-0.2, 0) is 10.0 Å². The van der Waals surface area contributed by atoms with Gasteiger partial charge in [0, 0.05) is 24.7 Å². The molecule has 1 aliphatic rings. The van der Waals surface area contributed by atoms with Crippen LogP contribution in [0.5, 0.6) is 5.75 Å². The maximum absolute atomic E-state index is 12.6. The fraction of sp³-hybridized carbons (Fsp3) is 0.533. The molecule has 0 spiro atoms. The molecule has 1 aliphatic heterocycles. The summed E-state index contributed by atoms with van der Waals surface area (Å²) in [6.45, 7) is 0.918. The monoisotopic (exact) mass is 326 g/mol. The number of rotatable bonds is 5. The van der Waals surface area contributed by atoms with Crippen LogP contribution in [0.4, 0.5) is 0 Å². The van der Waals surface area contributed by atoms with Crippen LogP contribution < -0.4 is 9.46 Å². The molecule has 1 saturated heterocycles. The molecule has 2 rings (SSSR count). The summed E-state index contributed by atoms with van der Waals surface area (Å²) >= 11 is 0. The number of sulfonamides is 1. The van der Waals surface area contributed by atoms with Gasteiger partial charge >= 0.3 is 0 Å². The summed E-state index contributed by atoms with van der Waals surface area (Å²) < 4.78 is 30.1. The first-order valence-corrected chi connectivity index (χ1v) is 9.19. The summed E-state index contributed by atoms with van der Waals surface area (Å²) in [6, 6.07) is 6.87. The Morgan fingerprint density at radius 1 is 1.32 bits per heavy atom. The second-order valence-corrected chi connectivity index (χ2v) is 7.33. The van der Waals surface area contributed by atoms with Crippen LogP contribution in [0.3, 0.4) is 0 Å². The summed E-state index contributed by atoms with van der Waals surface area (Å²) in [4.78, 5) is 14.4. The van der Waals surface area contributed by atoms with E-state index in [1.54, 1.807) is 36.3 Å². The molecule has 1 N–H and O–H groups in total. The minimum Gasteiger partial charge on any atom is -0.497 e. The van der Waals surface area contributed by atoms with E-state index in [4.69, 9.17) is 4.74 Å². The number of nitrogens with zero attached hydrogens (tertiary/aromatic N) is 1. The number of hydrogen-bond acceptors (Lipinski definition) is 4. The van der Waals surface area contributed by atoms with Crippen molar-refractivity contribution < 1.29 is 17.9 Å². The second-order valence-electron chi connectivity index (χ2n) is 5.50. The Balaban J connectivity index is 2.10. The summed E-state index contributed by atoms with van der Waals surface area (Å²) in [5.41, 5.74) is 0.590. The van der Waals surface area contributed by atoms with Gasteiger partial charge in [-0.1, -0.05) is 0 Å². The number of nitrogens with one attached hydrogen (secondary N) is 1. The predicted molar refractivity (Wildman–Crippen MR) is 84.5 cm³/mol. The van der Waals surface area contributed by atoms with Crippen molar-refractivity contribution in [1.82, 2.24) is 9.62 Å². The molecule has 0 unspecified atom stereocenters. The molecule has 6 nitrogen and oxygen atoms in total. The van der Waals surface area contributed by atoms with E-state index >= 15 is 0 Å². The fourth-order valence-corrected chi connectivity index (χ4v) is 3.12. The number of carbonyl (C=O) groups is 1. The number of carbonyl (C=O) groups excluding carboxylic acids is 1. The standard InChI is InChI=1S/C15H22N2O4S/c1-21-14-8-6-12(7-9-14)15(18)17-10-4-3-5-13(17)11-16-22(2,19)20/h6-9,13,16H,3-5,10-11H2,1-2H3/t13-/m0/s1. The van der Waals surface area contributed by atoms with Gasteiger partial charge in [-0.05, 0) is 43.5 Å². The van der Waals surface area contributed by atoms with Crippen LogP contribution in [0.2, 0.25) is 0 Å². The normalized spacial score (nSPS) is 19.0. The molecule has 0 aromatic heterocycles. The molecule has 22 heavy (non-hydrogen) atoms. The lowest BCUT2D eigenvalue weighted by atomic mass is 10.0. The number of ether oxygens (including phenoxy) is 1. The largest absolute Gasteiger partial charge is 0.497 e. The van der Waals surface area contributed by atoms with Crippen LogP contribution in [-0.4, -0.2) is 51.7 Å². The zero-order valence-electron chi connectivity index (χ0n) is 12.9. The third-order valence-corrected chi connectivity index (χ3v) is 4.50. The van der Waals surface area contributed by atoms with Crippen LogP contribution in [0.1, 0.15) is 29.6 Å². The van der Waals surface area contributed by atoms with Crippen molar-refractivity contribution in [2.45, 2.75) is 25.3 Å². The van der Waals surface area contributed by atoms with E-state index in [-0.39, 0.29) is 18.5 Å². The lowest BCUT2D eigenvalue weighted by Crippen LogP contribution is -2.49. The SMILES string of the molecule is COc1ccc(C(=O)N2CCCC[C@H]2CNS(C)(=O)=O)cc1. The highest BCUT2D eigenvalue weighted by Gasteiger charge is 2.27. The smallest absolute Gasteiger partial charge is 0.254 e. The Hall–Kier alpha value is -1.60. The van der Waals surface area contributed by atoms with Crippen LogP contribution in [0, 0.1) is 0 Å². The number of hydrogen-bond donors (Lipinski definition) is 1. The zero-order valence-corrected chi connectivity index (χ0v) is 13.7. The summed E-state index contributed by atoms with van der Waals surface area (Å²) in [5, 5.41) is 0. The highest BCUT2D eigenvalue weighted by atomic mass is 32.2. The van der Waals surface area contributed by atoms with Gasteiger partial charge in [0.2, 0.25) is 10.0 Å². The van der Waals surface area contributed by atoms with Gasteiger partial charge in [-0.25, -0.2) is 13.1 Å². The molecular formula is C15H22N2O4S. The second kappa shape index (κ2) is 7.11. The number of amides is 1. The number of likely N-dealkylation sites (tertiary alicyclic amines) is 1. The van der Waals surface area contributed by atoms with Crippen molar-refractivity contribution in [2.24, 2.45) is 0 Å². The molecule has 122 valence electrons. The molecule has 7 heteroatoms. The molecule has 0 radical (unpaired) electrons. The van der Waals surface area contributed by atoms with E-state index in [9.17, 15) is 13.2 Å². The molecule has 1 atom stereocenters. The van der Waals surface area contributed by atoms with Crippen LogP contribution in [0.25, 0.3) is 0 Å². The lowest BCUT2D eigenvalue weighted by molar-refractivity contribution is 0.0619. The van der Waals surface area contributed by atoms with Gasteiger partial charge in [0.05, 0.1) is 13.4 Å². The van der Waals surface area contributed by atoms with Crippen molar-refractivity contribution in [3.05, 3.63) is 29.8 Å². The zero-order chi connectivity index (χ0) is 16.2. The maximum Gasteiger partial charge on any atom is 0.254 e. The summed E-state index contributed by atoms with van der Waals surface area (Å²) in [5.74, 6) is 0.633. The first-order valence-electron chi connectivity index (χ1n) is 7.30. The highest BCUT2D eigenvalue weighted by molar-refractivity contribution is 7.88. The van der Waals surface area contributed by atoms with E-state index in [0.29, 0.717) is 17.9 Å². The van der Waals surface area contributed by atoms with Gasteiger partial charge < -0.3 is 9.64 Å². The van der Waals surface area contributed by atoms with E-state index in [2.05, 4.69) is 4.72 Å². The van der Waals surface area contributed by atoms with Crippen LogP contribution in [0.15, 0.2) is 24.3 Å². The maximum atomic E-state index is 12.6. The van der Waals surface area contributed by atoms with Crippen molar-refractivity contribution in [1.29, 1.82) is 0 Å². The first-order chi connectivity index (χ1) is 10.4. The molecule has 1 amide bonds. The third-order valence-electron chi connectivity index (χ3n) is 3.81. The Morgan fingerprint density at radius 2 is 2.00 bits per heavy atom. The molecule has 0 aliphatic carbocycles. The molecule has 1 fully saturated rings. The summed E-state index contributed by atoms with van der Waals surface area (Å²) in [6.07, 6.45) is 3.88. The van der Waals surface area contributed by atoms with Crippen molar-refractivity contribution in [2.75, 3.05) is 26.5 Å². The minimum atomic E-state index is -3.25. The van der Waals surface area contributed by atoms with Gasteiger partial charge in [-0.3, -0.25) is 4.79 Å². The van der Waals surface area contributed by atoms with Gasteiger partial charge in [-0.15, -0.1) is 0 Å². The number of methoxy groups -OCH3 is 1. The molecule has 0 saturated carbocycles. The minimum absolute atomic E-state index is 0.0670. The Kier molecular flexibility index (Phi) is 5.42. The number of benzene rings is 1. The Morgan fingerprint density at radius 3 is 2.59 bits per heavy atom. The summed E-state index contributed by atoms with van der Waals surface area (Å²) in [7, 11) is -1.67. The van der Waals surface area contributed by atoms with E-state index < -0.39 is 10.0 Å². The van der Waals surface area contributed by atoms with Crippen molar-refractivity contribution >= 4 is 15.9 Å². The van der Waals surface area contributed by atoms with Crippen LogP contribution >= 0.6 is 0 Å². The van der Waals surface area contributed by atoms with Gasteiger partial charge in [0.25, 0.3) is 5.91 Å². The van der Waals surface area contributed by atoms with Gasteiger partial charge in [0.1, 0.15) is 5.75 Å². The third kappa shape index (κ3) is 4.45. The Labute approximate surface area is 131 Å². The average molecular weight is 326 g/mol. The molecule has 1 heterocycles. The average Bonchev–Trinajstić information content (AvgIpc) is 2.52. The Bertz CT molecular complexity index is 613. The molecule has 1 aromatic carbocycles. The van der Waals surface area contributed by atoms with E-state index in [0.717, 1.165) is 25.5 Å². The van der Waals surface area contributed by atoms with E-state index in [1.807, 2.05) is 0 Å². The van der Waals surface area contributed by atoms with Gasteiger partial charge in [-0.2, -0.15) is 0 Å². The number of piperidine rings is 1. The molecule has 1 aromatic rings.